The van der Waals surface area contributed by atoms with Crippen LogP contribution in [0.5, 0.6) is 0 Å². The highest BCUT2D eigenvalue weighted by molar-refractivity contribution is 5.65. The van der Waals surface area contributed by atoms with Gasteiger partial charge in [-0.2, -0.15) is 0 Å². The van der Waals surface area contributed by atoms with E-state index in [0.717, 1.165) is 143 Å². The summed E-state index contributed by atoms with van der Waals surface area (Å²) in [6, 6.07) is 0. The first kappa shape index (κ1) is 61.1. The summed E-state index contributed by atoms with van der Waals surface area (Å²) < 4.78 is 0. The van der Waals surface area contributed by atoms with E-state index < -0.39 is 0 Å². The van der Waals surface area contributed by atoms with Crippen LogP contribution in [0.1, 0.15) is 185 Å². The maximum Gasteiger partial charge on any atom is 0.0441 e. The second kappa shape index (κ2) is 36.3. The van der Waals surface area contributed by atoms with Gasteiger partial charge in [0, 0.05) is 44.2 Å². The standard InChI is InChI=1S/C62H108N12/c1-9-51-47(5)55-43-56-49(7)53(27-25-41-69-39-23-21-37-67-35-19-17-33-65-31-15-13-29-63-11-3)61(73-56)46-62-54(50(8)58(74-62)45-60-52(10-2)48(6)57(72-60)44-59(51)71-55)28-26-42-70-40-24-22-38-68-36-20-18-34-66-32-16-14-30-64-12-4/h43-46,63-74H,9-42H2,1-8H3. The molecular formula is C62H108N12. The molecule has 0 aliphatic carbocycles. The van der Waals surface area contributed by atoms with Crippen molar-refractivity contribution in [3.63, 3.8) is 0 Å². The number of hydrogen-bond donors (Lipinski definition) is 12. The summed E-state index contributed by atoms with van der Waals surface area (Å²) in [4.78, 5) is 15.7. The van der Waals surface area contributed by atoms with Crippen LogP contribution in [0.25, 0.3) is 24.3 Å². The number of H-pyrrole nitrogens is 4. The van der Waals surface area contributed by atoms with Gasteiger partial charge in [-0.05, 0) is 317 Å². The molecule has 0 unspecified atom stereocenters. The highest BCUT2D eigenvalue weighted by Gasteiger charge is 2.17. The van der Waals surface area contributed by atoms with Gasteiger partial charge in [-0.1, -0.05) is 27.7 Å². The zero-order valence-electron chi connectivity index (χ0n) is 48.4. The zero-order valence-corrected chi connectivity index (χ0v) is 48.4. The summed E-state index contributed by atoms with van der Waals surface area (Å²) in [5.41, 5.74) is 15.8. The van der Waals surface area contributed by atoms with Crippen LogP contribution in [0.4, 0.5) is 0 Å². The molecule has 0 fully saturated rings. The maximum atomic E-state index is 3.98. The summed E-state index contributed by atoms with van der Waals surface area (Å²) in [7, 11) is 0. The summed E-state index contributed by atoms with van der Waals surface area (Å²) in [5.74, 6) is 0. The van der Waals surface area contributed by atoms with Gasteiger partial charge < -0.3 is 62.5 Å². The molecule has 0 saturated heterocycles. The Bertz CT molecular complexity index is 2400. The summed E-state index contributed by atoms with van der Waals surface area (Å²) in [6.45, 7) is 35.8. The minimum absolute atomic E-state index is 0.977. The molecule has 12 nitrogen and oxygen atoms in total. The highest BCUT2D eigenvalue weighted by Crippen LogP contribution is 2.23. The van der Waals surface area contributed by atoms with Crippen LogP contribution in [-0.4, -0.2) is 125 Å². The Kier molecular flexibility index (Phi) is 30.0. The third-order valence-corrected chi connectivity index (χ3v) is 15.5. The zero-order chi connectivity index (χ0) is 52.6. The van der Waals surface area contributed by atoms with Crippen LogP contribution in [0.15, 0.2) is 0 Å². The van der Waals surface area contributed by atoms with E-state index in [0.29, 0.717) is 0 Å². The minimum atomic E-state index is 0.977. The first-order valence-electron chi connectivity index (χ1n) is 30.2. The Balaban J connectivity index is 1.18. The van der Waals surface area contributed by atoms with Gasteiger partial charge in [0.05, 0.1) is 0 Å². The lowest BCUT2D eigenvalue weighted by molar-refractivity contribution is 0.541. The molecule has 5 rings (SSSR count). The first-order chi connectivity index (χ1) is 36.3. The quantitative estimate of drug-likeness (QED) is 0.0204. The minimum Gasteiger partial charge on any atom is -0.355 e. The number of aromatic amines is 4. The van der Waals surface area contributed by atoms with E-state index in [9.17, 15) is 0 Å². The molecule has 4 aromatic rings. The molecule has 0 spiro atoms. The van der Waals surface area contributed by atoms with Crippen LogP contribution in [0.2, 0.25) is 0 Å². The Morgan fingerprint density at radius 1 is 0.270 bits per heavy atom. The average Bonchev–Trinajstić information content (AvgIpc) is 4.07. The van der Waals surface area contributed by atoms with Gasteiger partial charge in [0.2, 0.25) is 0 Å². The van der Waals surface area contributed by atoms with E-state index >= 15 is 0 Å². The number of unbranched alkanes of at least 4 members (excludes halogenated alkanes) is 6. The first-order valence-corrected chi connectivity index (χ1v) is 30.2. The van der Waals surface area contributed by atoms with Gasteiger partial charge in [-0.25, -0.2) is 0 Å². The van der Waals surface area contributed by atoms with Crippen LogP contribution < -0.4 is 63.9 Å². The van der Waals surface area contributed by atoms with E-state index in [2.05, 4.69) is 142 Å². The van der Waals surface area contributed by atoms with E-state index in [1.165, 1.54) is 166 Å². The highest BCUT2D eigenvalue weighted by atomic mass is 14.9. The number of fused-ring (bicyclic) bond motifs is 8. The SMILES string of the molecule is CCNCCCCNCCCCNCCCCNCCCc1c2[nH]c(c1C)C=c1[nH]c(c(C)c1CC)=Cc1[nH]c(c(C)c1CC)C=c1[nH]c(c(CCCNCCCCNCCCCNCCCCNCC)c1C)=C2. The van der Waals surface area contributed by atoms with E-state index in [-0.39, 0.29) is 0 Å². The molecule has 0 amide bonds. The molecule has 8 bridgehead atoms. The second-order valence-corrected chi connectivity index (χ2v) is 21.2. The molecule has 12 heteroatoms. The molecule has 12 N–H and O–H groups in total. The molecule has 0 atom stereocenters. The van der Waals surface area contributed by atoms with Crippen molar-refractivity contribution in [3.8, 4) is 0 Å². The summed E-state index contributed by atoms with van der Waals surface area (Å²) >= 11 is 0. The number of nitrogens with one attached hydrogen (secondary N) is 12. The van der Waals surface area contributed by atoms with Gasteiger partial charge in [0.15, 0.2) is 0 Å². The molecule has 0 saturated carbocycles. The number of rotatable bonds is 42. The Hall–Kier alpha value is -3.72. The predicted molar refractivity (Wildman–Crippen MR) is 320 cm³/mol. The topological polar surface area (TPSA) is 159 Å². The van der Waals surface area contributed by atoms with Crippen molar-refractivity contribution in [2.45, 2.75) is 171 Å². The normalized spacial score (nSPS) is 12.3. The van der Waals surface area contributed by atoms with E-state index in [1.807, 2.05) is 0 Å². The van der Waals surface area contributed by atoms with Crippen molar-refractivity contribution < 1.29 is 0 Å². The molecule has 0 radical (unpaired) electrons. The lowest BCUT2D eigenvalue weighted by Gasteiger charge is -2.08. The van der Waals surface area contributed by atoms with Crippen molar-refractivity contribution in [2.24, 2.45) is 0 Å². The molecule has 416 valence electrons. The molecule has 0 aromatic carbocycles. The van der Waals surface area contributed by atoms with Crippen LogP contribution >= 0.6 is 0 Å². The Morgan fingerprint density at radius 2 is 0.554 bits per heavy atom. The van der Waals surface area contributed by atoms with Crippen LogP contribution in [0.3, 0.4) is 0 Å². The van der Waals surface area contributed by atoms with Crippen LogP contribution in [-0.2, 0) is 25.7 Å². The summed E-state index contributed by atoms with van der Waals surface area (Å²) in [6.07, 6.45) is 30.6. The fraction of sp³-hybridized carbons (Fsp3) is 0.677. The molecule has 1 aliphatic heterocycles. The second-order valence-electron chi connectivity index (χ2n) is 21.2. The van der Waals surface area contributed by atoms with Crippen molar-refractivity contribution in [2.75, 3.05) is 105 Å². The van der Waals surface area contributed by atoms with Gasteiger partial charge in [-0.15, -0.1) is 0 Å². The fourth-order valence-corrected chi connectivity index (χ4v) is 10.8. The lowest BCUT2D eigenvalue weighted by Crippen LogP contribution is -2.22. The molecule has 4 aromatic heterocycles. The van der Waals surface area contributed by atoms with Crippen LogP contribution in [0, 0.1) is 27.7 Å². The van der Waals surface area contributed by atoms with E-state index in [1.54, 1.807) is 0 Å². The number of hydrogen-bond acceptors (Lipinski definition) is 8. The molecular weight excluding hydrogens is 913 g/mol. The van der Waals surface area contributed by atoms with Crippen molar-refractivity contribution in [3.05, 3.63) is 88.7 Å². The average molecular weight is 1020 g/mol. The largest absolute Gasteiger partial charge is 0.355 e. The maximum absolute atomic E-state index is 3.98. The van der Waals surface area contributed by atoms with Gasteiger partial charge in [0.25, 0.3) is 0 Å². The lowest BCUT2D eigenvalue weighted by atomic mass is 10.0. The molecule has 1 aliphatic rings. The van der Waals surface area contributed by atoms with Gasteiger partial charge in [0.1, 0.15) is 0 Å². The molecule has 74 heavy (non-hydrogen) atoms. The van der Waals surface area contributed by atoms with Crippen molar-refractivity contribution in [1.29, 1.82) is 0 Å². The monoisotopic (exact) mass is 1020 g/mol. The fourth-order valence-electron chi connectivity index (χ4n) is 10.8. The third kappa shape index (κ3) is 20.7. The van der Waals surface area contributed by atoms with E-state index in [4.69, 9.17) is 0 Å². The van der Waals surface area contributed by atoms with Crippen molar-refractivity contribution >= 4 is 24.3 Å². The van der Waals surface area contributed by atoms with Gasteiger partial charge >= 0.3 is 0 Å². The molecule has 5 heterocycles. The third-order valence-electron chi connectivity index (χ3n) is 15.5. The predicted octanol–water partition coefficient (Wildman–Crippen LogP) is 6.29. The number of aromatic nitrogens is 4. The Morgan fingerprint density at radius 3 is 0.946 bits per heavy atom. The summed E-state index contributed by atoms with van der Waals surface area (Å²) in [5, 5.41) is 33.8. The smallest absolute Gasteiger partial charge is 0.0441 e. The van der Waals surface area contributed by atoms with Gasteiger partial charge in [-0.3, -0.25) is 0 Å². The Labute approximate surface area is 449 Å². The van der Waals surface area contributed by atoms with Crippen molar-refractivity contribution in [1.82, 2.24) is 62.5 Å².